The Hall–Kier alpha value is -0.570. The summed E-state index contributed by atoms with van der Waals surface area (Å²) in [5.41, 5.74) is 0. The van der Waals surface area contributed by atoms with Gasteiger partial charge in [-0.1, -0.05) is 19.8 Å². The van der Waals surface area contributed by atoms with Gasteiger partial charge in [0, 0.05) is 6.42 Å². The van der Waals surface area contributed by atoms with Crippen LogP contribution in [0.4, 0.5) is 0 Å². The van der Waals surface area contributed by atoms with E-state index in [0.717, 1.165) is 32.4 Å². The number of carbonyl (C=O) groups excluding carboxylic acids is 1. The van der Waals surface area contributed by atoms with E-state index in [1.165, 1.54) is 12.8 Å². The van der Waals surface area contributed by atoms with Crippen LogP contribution in [0, 0.1) is 5.92 Å². The molecule has 15 heavy (non-hydrogen) atoms. The molecule has 0 aromatic rings. The molecule has 3 nitrogen and oxygen atoms in total. The van der Waals surface area contributed by atoms with Crippen LogP contribution >= 0.6 is 0 Å². The molecule has 0 aromatic carbocycles. The predicted octanol–water partition coefficient (Wildman–Crippen LogP) is 2.11. The summed E-state index contributed by atoms with van der Waals surface area (Å²) in [6.07, 6.45) is 6.12. The van der Waals surface area contributed by atoms with Crippen molar-refractivity contribution >= 4 is 5.97 Å². The Bertz CT molecular complexity index is 176. The molecule has 1 rings (SSSR count). The Morgan fingerprint density at radius 3 is 3.00 bits per heavy atom. The average molecular weight is 213 g/mol. The minimum absolute atomic E-state index is 0.0157. The smallest absolute Gasteiger partial charge is 0.305 e. The number of nitrogens with one attached hydrogen (secondary N) is 1. The second-order valence-electron chi connectivity index (χ2n) is 4.33. The minimum atomic E-state index is -0.0157. The van der Waals surface area contributed by atoms with Crippen LogP contribution in [0.25, 0.3) is 0 Å². The lowest BCUT2D eigenvalue weighted by Gasteiger charge is -2.07. The molecule has 1 fully saturated rings. The third-order valence-electron chi connectivity index (χ3n) is 2.93. The number of rotatable bonds is 7. The normalized spacial score (nSPS) is 20.5. The Kier molecular flexibility index (Phi) is 6.41. The maximum atomic E-state index is 11.3. The number of ether oxygens (including phenoxy) is 1. The molecule has 1 aliphatic rings. The van der Waals surface area contributed by atoms with Crippen LogP contribution in [0.15, 0.2) is 0 Å². The molecule has 0 bridgehead atoms. The third-order valence-corrected chi connectivity index (χ3v) is 2.93. The molecule has 0 radical (unpaired) electrons. The van der Waals surface area contributed by atoms with E-state index >= 15 is 0 Å². The van der Waals surface area contributed by atoms with Gasteiger partial charge in [-0.25, -0.2) is 0 Å². The molecule has 3 heteroatoms. The molecule has 1 aliphatic heterocycles. The highest BCUT2D eigenvalue weighted by molar-refractivity contribution is 5.69. The summed E-state index contributed by atoms with van der Waals surface area (Å²) in [7, 11) is 0. The van der Waals surface area contributed by atoms with Crippen molar-refractivity contribution in [1.29, 1.82) is 0 Å². The Morgan fingerprint density at radius 1 is 1.47 bits per heavy atom. The summed E-state index contributed by atoms with van der Waals surface area (Å²) >= 11 is 0. The largest absolute Gasteiger partial charge is 0.466 e. The topological polar surface area (TPSA) is 38.3 Å². The Morgan fingerprint density at radius 2 is 2.33 bits per heavy atom. The zero-order valence-corrected chi connectivity index (χ0v) is 9.76. The SMILES string of the molecule is CCCCCOC(=O)CCC1CCNC1. The first-order valence-electron chi connectivity index (χ1n) is 6.19. The van der Waals surface area contributed by atoms with E-state index in [0.29, 0.717) is 18.9 Å². The maximum absolute atomic E-state index is 11.3. The molecule has 1 saturated heterocycles. The van der Waals surface area contributed by atoms with Crippen molar-refractivity contribution in [3.05, 3.63) is 0 Å². The van der Waals surface area contributed by atoms with Crippen molar-refractivity contribution < 1.29 is 9.53 Å². The van der Waals surface area contributed by atoms with Crippen LogP contribution in [0.2, 0.25) is 0 Å². The van der Waals surface area contributed by atoms with Gasteiger partial charge < -0.3 is 10.1 Å². The van der Waals surface area contributed by atoms with Crippen LogP contribution in [-0.4, -0.2) is 25.7 Å². The molecule has 0 aliphatic carbocycles. The third kappa shape index (κ3) is 5.78. The molecule has 88 valence electrons. The maximum Gasteiger partial charge on any atom is 0.305 e. The summed E-state index contributed by atoms with van der Waals surface area (Å²) < 4.78 is 5.14. The van der Waals surface area contributed by atoms with E-state index < -0.39 is 0 Å². The van der Waals surface area contributed by atoms with E-state index in [1.54, 1.807) is 0 Å². The number of hydrogen-bond acceptors (Lipinski definition) is 3. The molecular formula is C12H23NO2. The van der Waals surface area contributed by atoms with Gasteiger partial charge in [-0.2, -0.15) is 0 Å². The quantitative estimate of drug-likeness (QED) is 0.520. The van der Waals surface area contributed by atoms with E-state index in [1.807, 2.05) is 0 Å². The number of unbranched alkanes of at least 4 members (excludes halogenated alkanes) is 2. The summed E-state index contributed by atoms with van der Waals surface area (Å²) in [6, 6.07) is 0. The average Bonchev–Trinajstić information content (AvgIpc) is 2.74. The van der Waals surface area contributed by atoms with E-state index in [2.05, 4.69) is 12.2 Å². The molecule has 0 saturated carbocycles. The highest BCUT2D eigenvalue weighted by Crippen LogP contribution is 2.14. The fourth-order valence-electron chi connectivity index (χ4n) is 1.89. The van der Waals surface area contributed by atoms with Crippen molar-refractivity contribution in [3.63, 3.8) is 0 Å². The first kappa shape index (κ1) is 12.5. The summed E-state index contributed by atoms with van der Waals surface area (Å²) in [5.74, 6) is 0.672. The molecule has 0 spiro atoms. The van der Waals surface area contributed by atoms with E-state index in [-0.39, 0.29) is 5.97 Å². The van der Waals surface area contributed by atoms with Crippen molar-refractivity contribution in [2.75, 3.05) is 19.7 Å². The lowest BCUT2D eigenvalue weighted by atomic mass is 10.0. The van der Waals surface area contributed by atoms with Crippen molar-refractivity contribution in [1.82, 2.24) is 5.32 Å². The number of carbonyl (C=O) groups is 1. The standard InChI is InChI=1S/C12H23NO2/c1-2-3-4-9-15-12(14)6-5-11-7-8-13-10-11/h11,13H,2-10H2,1H3. The van der Waals surface area contributed by atoms with Gasteiger partial charge in [0.15, 0.2) is 0 Å². The van der Waals surface area contributed by atoms with Gasteiger partial charge in [0.25, 0.3) is 0 Å². The molecule has 1 heterocycles. The van der Waals surface area contributed by atoms with Gasteiger partial charge in [-0.05, 0) is 38.3 Å². The fourth-order valence-corrected chi connectivity index (χ4v) is 1.89. The molecule has 0 amide bonds. The molecule has 1 N–H and O–H groups in total. The zero-order chi connectivity index (χ0) is 10.9. The second kappa shape index (κ2) is 7.69. The van der Waals surface area contributed by atoms with Gasteiger partial charge in [0.2, 0.25) is 0 Å². The summed E-state index contributed by atoms with van der Waals surface area (Å²) in [6.45, 7) is 4.93. The van der Waals surface area contributed by atoms with Crippen LogP contribution in [0.5, 0.6) is 0 Å². The van der Waals surface area contributed by atoms with Crippen LogP contribution in [-0.2, 0) is 9.53 Å². The number of hydrogen-bond donors (Lipinski definition) is 1. The van der Waals surface area contributed by atoms with Crippen LogP contribution < -0.4 is 5.32 Å². The fraction of sp³-hybridized carbons (Fsp3) is 0.917. The first-order valence-corrected chi connectivity index (χ1v) is 6.19. The van der Waals surface area contributed by atoms with Gasteiger partial charge in [0.05, 0.1) is 6.61 Å². The lowest BCUT2D eigenvalue weighted by Crippen LogP contribution is -2.12. The van der Waals surface area contributed by atoms with Gasteiger partial charge in [-0.15, -0.1) is 0 Å². The van der Waals surface area contributed by atoms with Crippen molar-refractivity contribution in [2.24, 2.45) is 5.92 Å². The van der Waals surface area contributed by atoms with E-state index in [9.17, 15) is 4.79 Å². The highest BCUT2D eigenvalue weighted by Gasteiger charge is 2.15. The van der Waals surface area contributed by atoms with Gasteiger partial charge >= 0.3 is 5.97 Å². The second-order valence-corrected chi connectivity index (χ2v) is 4.33. The zero-order valence-electron chi connectivity index (χ0n) is 9.76. The minimum Gasteiger partial charge on any atom is -0.466 e. The van der Waals surface area contributed by atoms with Gasteiger partial charge in [-0.3, -0.25) is 4.79 Å². The molecular weight excluding hydrogens is 190 g/mol. The predicted molar refractivity (Wildman–Crippen MR) is 60.7 cm³/mol. The summed E-state index contributed by atoms with van der Waals surface area (Å²) in [4.78, 5) is 11.3. The molecule has 0 aromatic heterocycles. The van der Waals surface area contributed by atoms with Crippen molar-refractivity contribution in [2.45, 2.75) is 45.4 Å². The van der Waals surface area contributed by atoms with Crippen LogP contribution in [0.1, 0.15) is 45.4 Å². The first-order chi connectivity index (χ1) is 7.33. The Balaban J connectivity index is 1.93. The monoisotopic (exact) mass is 213 g/mol. The summed E-state index contributed by atoms with van der Waals surface area (Å²) in [5, 5.41) is 3.30. The van der Waals surface area contributed by atoms with Crippen LogP contribution in [0.3, 0.4) is 0 Å². The molecule has 1 atom stereocenters. The lowest BCUT2D eigenvalue weighted by molar-refractivity contribution is -0.144. The van der Waals surface area contributed by atoms with Crippen molar-refractivity contribution in [3.8, 4) is 0 Å². The van der Waals surface area contributed by atoms with E-state index in [4.69, 9.17) is 4.74 Å². The Labute approximate surface area is 92.6 Å². The number of esters is 1. The van der Waals surface area contributed by atoms with Gasteiger partial charge in [0.1, 0.15) is 0 Å². The molecule has 1 unspecified atom stereocenters. The highest BCUT2D eigenvalue weighted by atomic mass is 16.5.